The van der Waals surface area contributed by atoms with Gasteiger partial charge in [0.05, 0.1) is 24.3 Å². The fourth-order valence-corrected chi connectivity index (χ4v) is 4.84. The largest absolute Gasteiger partial charge is 0.332 e. The Morgan fingerprint density at radius 2 is 1.57 bits per heavy atom. The molecule has 1 rings (SSSR count). The van der Waals surface area contributed by atoms with Crippen molar-refractivity contribution in [2.45, 2.75) is 65.6 Å². The predicted octanol–water partition coefficient (Wildman–Crippen LogP) is 5.18. The summed E-state index contributed by atoms with van der Waals surface area (Å²) in [6, 6.07) is 9.47. The Morgan fingerprint density at radius 1 is 1.04 bits per heavy atom. The van der Waals surface area contributed by atoms with Crippen LogP contribution in [0.5, 0.6) is 0 Å². The maximum Gasteiger partial charge on any atom is 0.332 e. The van der Waals surface area contributed by atoms with E-state index in [4.69, 9.17) is 9.05 Å². The third kappa shape index (κ3) is 6.99. The molecule has 1 atom stereocenters. The minimum absolute atomic E-state index is 0.0821. The van der Waals surface area contributed by atoms with E-state index in [1.54, 1.807) is 0 Å². The molecule has 0 radical (unpaired) electrons. The van der Waals surface area contributed by atoms with Crippen molar-refractivity contribution in [3.05, 3.63) is 35.9 Å². The summed E-state index contributed by atoms with van der Waals surface area (Å²) < 4.78 is 24.3. The summed E-state index contributed by atoms with van der Waals surface area (Å²) in [5.74, 6) is -0.377. The highest BCUT2D eigenvalue weighted by molar-refractivity contribution is 7.54. The second-order valence-corrected chi connectivity index (χ2v) is 8.29. The molecule has 23 heavy (non-hydrogen) atoms. The van der Waals surface area contributed by atoms with E-state index in [2.05, 4.69) is 0 Å². The molecule has 0 fully saturated rings. The van der Waals surface area contributed by atoms with Gasteiger partial charge in [0.1, 0.15) is 5.78 Å². The van der Waals surface area contributed by atoms with Crippen molar-refractivity contribution in [3.63, 3.8) is 0 Å². The lowest BCUT2D eigenvalue weighted by atomic mass is 9.94. The van der Waals surface area contributed by atoms with Gasteiger partial charge in [-0.15, -0.1) is 0 Å². The van der Waals surface area contributed by atoms with Crippen LogP contribution in [0.2, 0.25) is 0 Å². The van der Waals surface area contributed by atoms with Crippen molar-refractivity contribution in [1.82, 2.24) is 0 Å². The van der Waals surface area contributed by atoms with Gasteiger partial charge in [-0.05, 0) is 39.7 Å². The van der Waals surface area contributed by atoms with E-state index in [1.165, 1.54) is 0 Å². The fraction of sp³-hybridized carbons (Fsp3) is 0.611. The molecule has 0 amide bonds. The van der Waals surface area contributed by atoms with Crippen LogP contribution in [-0.2, 0) is 18.4 Å². The van der Waals surface area contributed by atoms with Crippen LogP contribution in [0.1, 0.15) is 58.9 Å². The van der Waals surface area contributed by atoms with Crippen LogP contribution < -0.4 is 0 Å². The van der Waals surface area contributed by atoms with Gasteiger partial charge in [-0.2, -0.15) is 0 Å². The molecule has 0 aliphatic rings. The third-order valence-corrected chi connectivity index (χ3v) is 5.53. The molecule has 0 saturated heterocycles. The predicted molar refractivity (Wildman–Crippen MR) is 94.0 cm³/mol. The molecular weight excluding hydrogens is 311 g/mol. The lowest BCUT2D eigenvalue weighted by Gasteiger charge is -2.26. The van der Waals surface area contributed by atoms with E-state index in [-0.39, 0.29) is 24.2 Å². The summed E-state index contributed by atoms with van der Waals surface area (Å²) in [6.07, 6.45) is 0.868. The smallest absolute Gasteiger partial charge is 0.306 e. The molecule has 0 spiro atoms. The van der Waals surface area contributed by atoms with Gasteiger partial charge >= 0.3 is 7.60 Å². The van der Waals surface area contributed by atoms with E-state index in [0.29, 0.717) is 6.42 Å². The number of hydrogen-bond donors (Lipinski definition) is 0. The second kappa shape index (κ2) is 9.36. The zero-order valence-corrected chi connectivity index (χ0v) is 15.7. The molecular formula is C18H29O4P. The average molecular weight is 340 g/mol. The molecule has 0 saturated carbocycles. The normalized spacial score (nSPS) is 13.5. The van der Waals surface area contributed by atoms with E-state index in [0.717, 1.165) is 12.0 Å². The molecule has 0 aromatic heterocycles. The van der Waals surface area contributed by atoms with Crippen LogP contribution >= 0.6 is 7.60 Å². The maximum atomic E-state index is 13.1. The van der Waals surface area contributed by atoms with Gasteiger partial charge in [0, 0.05) is 6.42 Å². The van der Waals surface area contributed by atoms with E-state index in [1.807, 2.05) is 65.0 Å². The topological polar surface area (TPSA) is 52.6 Å². The Bertz CT molecular complexity index is 511. The lowest BCUT2D eigenvalue weighted by molar-refractivity contribution is -0.120. The number of ketones is 1. The molecule has 5 heteroatoms. The summed E-state index contributed by atoms with van der Waals surface area (Å²) in [5.41, 5.74) is 0.867. The first kappa shape index (κ1) is 20.1. The number of carbonyl (C=O) groups is 1. The molecule has 0 aliphatic heterocycles. The maximum absolute atomic E-state index is 13.1. The van der Waals surface area contributed by atoms with Crippen LogP contribution in [-0.4, -0.2) is 24.2 Å². The first-order valence-electron chi connectivity index (χ1n) is 8.31. The molecule has 4 nitrogen and oxygen atoms in total. The molecule has 0 N–H and O–H groups in total. The monoisotopic (exact) mass is 340 g/mol. The first-order chi connectivity index (χ1) is 10.8. The molecule has 130 valence electrons. The van der Waals surface area contributed by atoms with Crippen LogP contribution in [0.25, 0.3) is 0 Å². The standard InChI is InChI=1S/C18H29O4P/c1-6-10-18(19)17(16-11-8-7-9-12-16)13-23(20,21-14(2)3)22-15(4)5/h7-9,11-12,14-15,17H,6,10,13H2,1-5H3. The van der Waals surface area contributed by atoms with Gasteiger partial charge < -0.3 is 9.05 Å². The molecule has 0 bridgehead atoms. The Kier molecular flexibility index (Phi) is 8.18. The summed E-state index contributed by atoms with van der Waals surface area (Å²) in [7, 11) is -3.35. The molecule has 1 aromatic rings. The number of Topliss-reactive ketones (excluding diaryl/α,β-unsaturated/α-hetero) is 1. The van der Waals surface area contributed by atoms with Gasteiger partial charge in [0.15, 0.2) is 0 Å². The zero-order chi connectivity index (χ0) is 17.5. The summed E-state index contributed by atoms with van der Waals surface area (Å²) >= 11 is 0. The molecule has 0 heterocycles. The van der Waals surface area contributed by atoms with E-state index in [9.17, 15) is 9.36 Å². The second-order valence-electron chi connectivity index (χ2n) is 6.28. The Labute approximate surface area is 140 Å². The van der Waals surface area contributed by atoms with Crippen molar-refractivity contribution >= 4 is 13.4 Å². The quantitative estimate of drug-likeness (QED) is 0.551. The highest BCUT2D eigenvalue weighted by Gasteiger charge is 2.35. The molecule has 1 aromatic carbocycles. The lowest BCUT2D eigenvalue weighted by Crippen LogP contribution is -2.20. The highest BCUT2D eigenvalue weighted by Crippen LogP contribution is 2.53. The van der Waals surface area contributed by atoms with Crippen molar-refractivity contribution in [1.29, 1.82) is 0 Å². The van der Waals surface area contributed by atoms with E-state index >= 15 is 0 Å². The van der Waals surface area contributed by atoms with Crippen LogP contribution in [0.3, 0.4) is 0 Å². The molecule has 0 aliphatic carbocycles. The molecule has 1 unspecified atom stereocenters. The van der Waals surface area contributed by atoms with Crippen LogP contribution in [0.15, 0.2) is 30.3 Å². The number of rotatable bonds is 10. The van der Waals surface area contributed by atoms with Crippen molar-refractivity contribution in [2.24, 2.45) is 0 Å². The minimum atomic E-state index is -3.35. The minimum Gasteiger partial charge on any atom is -0.306 e. The van der Waals surface area contributed by atoms with Gasteiger partial charge in [-0.1, -0.05) is 37.3 Å². The number of hydrogen-bond acceptors (Lipinski definition) is 4. The van der Waals surface area contributed by atoms with Crippen molar-refractivity contribution < 1.29 is 18.4 Å². The van der Waals surface area contributed by atoms with E-state index < -0.39 is 13.5 Å². The zero-order valence-electron chi connectivity index (χ0n) is 14.8. The van der Waals surface area contributed by atoms with Gasteiger partial charge in [0.25, 0.3) is 0 Å². The Hall–Kier alpha value is -0.960. The number of benzene rings is 1. The van der Waals surface area contributed by atoms with Crippen LogP contribution in [0.4, 0.5) is 0 Å². The van der Waals surface area contributed by atoms with Gasteiger partial charge in [-0.25, -0.2) is 0 Å². The summed E-state index contributed by atoms with van der Waals surface area (Å²) in [5, 5.41) is 0. The fourth-order valence-electron chi connectivity index (χ4n) is 2.48. The third-order valence-electron chi connectivity index (χ3n) is 3.24. The Morgan fingerprint density at radius 3 is 2.00 bits per heavy atom. The van der Waals surface area contributed by atoms with Crippen LogP contribution in [0, 0.1) is 0 Å². The Balaban J connectivity index is 3.09. The highest BCUT2D eigenvalue weighted by atomic mass is 31.2. The van der Waals surface area contributed by atoms with Gasteiger partial charge in [-0.3, -0.25) is 9.36 Å². The number of carbonyl (C=O) groups excluding carboxylic acids is 1. The first-order valence-corrected chi connectivity index (χ1v) is 10.0. The summed E-state index contributed by atoms with van der Waals surface area (Å²) in [6.45, 7) is 9.25. The van der Waals surface area contributed by atoms with Crippen molar-refractivity contribution in [2.75, 3.05) is 6.16 Å². The average Bonchev–Trinajstić information content (AvgIpc) is 2.44. The SMILES string of the molecule is CCCC(=O)C(CP(=O)(OC(C)C)OC(C)C)c1ccccc1. The van der Waals surface area contributed by atoms with Crippen molar-refractivity contribution in [3.8, 4) is 0 Å². The van der Waals surface area contributed by atoms with Gasteiger partial charge in [0.2, 0.25) is 0 Å². The summed E-state index contributed by atoms with van der Waals surface area (Å²) in [4.78, 5) is 12.6.